The summed E-state index contributed by atoms with van der Waals surface area (Å²) in [5, 5.41) is 0. The normalized spacial score (nSPS) is 11.9. The Labute approximate surface area is 119 Å². The van der Waals surface area contributed by atoms with Gasteiger partial charge in [-0.3, -0.25) is 0 Å². The van der Waals surface area contributed by atoms with Crippen LogP contribution in [0.1, 0.15) is 52.4 Å². The van der Waals surface area contributed by atoms with Crippen LogP contribution in [0.25, 0.3) is 0 Å². The Kier molecular flexibility index (Phi) is 17.0. The monoisotopic (exact) mass is 290 g/mol. The zero-order chi connectivity index (χ0) is 12.6. The molecule has 0 unspecified atom stereocenters. The molecule has 0 aliphatic carbocycles. The van der Waals surface area contributed by atoms with Gasteiger partial charge in [0.2, 0.25) is 0 Å². The maximum absolute atomic E-state index is 2.26. The number of unbranched alkanes of at least 4 members (excludes halogenated alkanes) is 4. The van der Waals surface area contributed by atoms with Crippen molar-refractivity contribution in [1.29, 1.82) is 0 Å². The molecule has 100 valence electrons. The largest absolute Gasteiger partial charge is 0.0917 e. The molecule has 0 radical (unpaired) electrons. The highest BCUT2D eigenvalue weighted by atomic mass is 33.5. The van der Waals surface area contributed by atoms with Crippen LogP contribution in [0.4, 0.5) is 0 Å². The van der Waals surface area contributed by atoms with Gasteiger partial charge in [-0.25, -0.2) is 0 Å². The molecule has 0 heterocycles. The molecule has 0 amide bonds. The molecule has 0 N–H and O–H groups in total. The van der Waals surface area contributed by atoms with Gasteiger partial charge in [0.1, 0.15) is 0 Å². The first-order valence-corrected chi connectivity index (χ1v) is 10.4. The maximum Gasteiger partial charge on any atom is 0.00452 e. The SMILES string of the molecule is C/C=C/CCCCSSSCCCC/C=C/C. The van der Waals surface area contributed by atoms with Crippen LogP contribution in [-0.4, -0.2) is 11.5 Å². The topological polar surface area (TPSA) is 0 Å². The van der Waals surface area contributed by atoms with Crippen molar-refractivity contribution in [2.45, 2.75) is 52.4 Å². The Morgan fingerprint density at radius 3 is 1.59 bits per heavy atom. The Bertz CT molecular complexity index is 168. The lowest BCUT2D eigenvalue weighted by Crippen LogP contribution is -1.78. The second kappa shape index (κ2) is 16.5. The summed E-state index contributed by atoms with van der Waals surface area (Å²) in [5.74, 6) is 2.60. The van der Waals surface area contributed by atoms with E-state index in [1.165, 1.54) is 50.0 Å². The minimum atomic E-state index is 1.25. The van der Waals surface area contributed by atoms with Crippen LogP contribution in [-0.2, 0) is 0 Å². The lowest BCUT2D eigenvalue weighted by molar-refractivity contribution is 0.823. The number of allylic oxidation sites excluding steroid dienone is 4. The van der Waals surface area contributed by atoms with E-state index >= 15 is 0 Å². The van der Waals surface area contributed by atoms with Crippen molar-refractivity contribution in [1.82, 2.24) is 0 Å². The third-order valence-electron chi connectivity index (χ3n) is 2.26. The van der Waals surface area contributed by atoms with E-state index in [9.17, 15) is 0 Å². The van der Waals surface area contributed by atoms with Gasteiger partial charge in [0.25, 0.3) is 0 Å². The van der Waals surface area contributed by atoms with E-state index in [-0.39, 0.29) is 0 Å². The van der Waals surface area contributed by atoms with E-state index in [1.807, 2.05) is 31.4 Å². The first-order chi connectivity index (χ1) is 8.41. The van der Waals surface area contributed by atoms with Crippen LogP contribution in [0, 0.1) is 0 Å². The Balaban J connectivity index is 2.94. The fraction of sp³-hybridized carbons (Fsp3) is 0.714. The summed E-state index contributed by atoms with van der Waals surface area (Å²) < 4.78 is 0. The van der Waals surface area contributed by atoms with Crippen LogP contribution < -0.4 is 0 Å². The van der Waals surface area contributed by atoms with E-state index in [1.54, 1.807) is 0 Å². The summed E-state index contributed by atoms with van der Waals surface area (Å²) in [6, 6.07) is 0. The summed E-state index contributed by atoms with van der Waals surface area (Å²) in [6.07, 6.45) is 16.7. The highest BCUT2D eigenvalue weighted by Crippen LogP contribution is 2.35. The third kappa shape index (κ3) is 16.5. The standard InChI is InChI=1S/C14H26S3/c1-3-5-7-9-11-13-15-17-16-14-12-10-8-6-4-2/h3-6H,7-14H2,1-2H3/b5-3+,6-4+. The zero-order valence-corrected chi connectivity index (χ0v) is 13.6. The molecule has 3 heteroatoms. The molecule has 0 aromatic heterocycles. The molecule has 0 atom stereocenters. The van der Waals surface area contributed by atoms with Gasteiger partial charge in [-0.2, -0.15) is 0 Å². The first-order valence-electron chi connectivity index (χ1n) is 6.55. The molecule has 0 saturated carbocycles. The molecule has 0 saturated heterocycles. The van der Waals surface area contributed by atoms with Gasteiger partial charge in [0, 0.05) is 11.5 Å². The number of hydrogen-bond acceptors (Lipinski definition) is 3. The van der Waals surface area contributed by atoms with E-state index in [2.05, 4.69) is 38.2 Å². The van der Waals surface area contributed by atoms with Gasteiger partial charge < -0.3 is 0 Å². The molecular weight excluding hydrogens is 264 g/mol. The van der Waals surface area contributed by atoms with Gasteiger partial charge >= 0.3 is 0 Å². The Hall–Kier alpha value is 0.530. The van der Waals surface area contributed by atoms with Gasteiger partial charge in [0.15, 0.2) is 0 Å². The van der Waals surface area contributed by atoms with Crippen molar-refractivity contribution >= 4 is 31.4 Å². The van der Waals surface area contributed by atoms with Gasteiger partial charge in [-0.15, -0.1) is 0 Å². The summed E-state index contributed by atoms with van der Waals surface area (Å²) in [7, 11) is 6.02. The smallest absolute Gasteiger partial charge is 0.00452 e. The molecule has 0 aliphatic heterocycles. The molecule has 0 aliphatic rings. The highest BCUT2D eigenvalue weighted by Gasteiger charge is 1.92. The van der Waals surface area contributed by atoms with Crippen LogP contribution in [0.15, 0.2) is 24.3 Å². The highest BCUT2D eigenvalue weighted by molar-refractivity contribution is 9.09. The average Bonchev–Trinajstić information content (AvgIpc) is 2.35. The number of rotatable bonds is 12. The third-order valence-corrected chi connectivity index (χ3v) is 6.68. The summed E-state index contributed by atoms with van der Waals surface area (Å²) >= 11 is 0. The molecule has 0 rings (SSSR count). The summed E-state index contributed by atoms with van der Waals surface area (Å²) in [6.45, 7) is 4.19. The van der Waals surface area contributed by atoms with E-state index in [0.29, 0.717) is 0 Å². The van der Waals surface area contributed by atoms with Gasteiger partial charge in [-0.05, 0) is 62.2 Å². The van der Waals surface area contributed by atoms with E-state index in [0.717, 1.165) is 0 Å². The first kappa shape index (κ1) is 17.5. The predicted molar refractivity (Wildman–Crippen MR) is 89.8 cm³/mol. The lowest BCUT2D eigenvalue weighted by atomic mass is 10.2. The minimum absolute atomic E-state index is 1.25. The van der Waals surface area contributed by atoms with Crippen molar-refractivity contribution in [2.24, 2.45) is 0 Å². The van der Waals surface area contributed by atoms with Crippen molar-refractivity contribution in [2.75, 3.05) is 11.5 Å². The second-order valence-corrected chi connectivity index (χ2v) is 8.31. The molecule has 0 aromatic rings. The van der Waals surface area contributed by atoms with Crippen molar-refractivity contribution in [3.05, 3.63) is 24.3 Å². The summed E-state index contributed by atoms with van der Waals surface area (Å²) in [5.41, 5.74) is 0. The van der Waals surface area contributed by atoms with E-state index < -0.39 is 0 Å². The predicted octanol–water partition coefficient (Wildman–Crippen LogP) is 6.51. The zero-order valence-electron chi connectivity index (χ0n) is 11.2. The Morgan fingerprint density at radius 2 is 1.18 bits per heavy atom. The quantitative estimate of drug-likeness (QED) is 0.228. The van der Waals surface area contributed by atoms with Crippen LogP contribution >= 0.6 is 31.4 Å². The summed E-state index contributed by atoms with van der Waals surface area (Å²) in [4.78, 5) is 0. The van der Waals surface area contributed by atoms with Crippen molar-refractivity contribution in [3.8, 4) is 0 Å². The second-order valence-electron chi connectivity index (χ2n) is 3.84. The molecule has 0 aromatic carbocycles. The minimum Gasteiger partial charge on any atom is -0.0917 e. The van der Waals surface area contributed by atoms with Crippen LogP contribution in [0.2, 0.25) is 0 Å². The molecule has 0 bridgehead atoms. The maximum atomic E-state index is 2.26. The molecule has 17 heavy (non-hydrogen) atoms. The van der Waals surface area contributed by atoms with Crippen LogP contribution in [0.5, 0.6) is 0 Å². The van der Waals surface area contributed by atoms with Crippen molar-refractivity contribution < 1.29 is 0 Å². The fourth-order valence-corrected chi connectivity index (χ4v) is 5.29. The number of hydrogen-bond donors (Lipinski definition) is 0. The van der Waals surface area contributed by atoms with Gasteiger partial charge in [0.05, 0.1) is 0 Å². The van der Waals surface area contributed by atoms with E-state index in [4.69, 9.17) is 0 Å². The average molecular weight is 291 g/mol. The fourth-order valence-electron chi connectivity index (χ4n) is 1.28. The molecule has 0 spiro atoms. The van der Waals surface area contributed by atoms with Gasteiger partial charge in [-0.1, -0.05) is 45.9 Å². The van der Waals surface area contributed by atoms with Crippen molar-refractivity contribution in [3.63, 3.8) is 0 Å². The molecular formula is C14H26S3. The lowest BCUT2D eigenvalue weighted by Gasteiger charge is -2.00. The molecule has 0 fully saturated rings. The van der Waals surface area contributed by atoms with Crippen LogP contribution in [0.3, 0.4) is 0 Å². The Morgan fingerprint density at radius 1 is 0.706 bits per heavy atom. The molecule has 0 nitrogen and oxygen atoms in total.